The van der Waals surface area contributed by atoms with Gasteiger partial charge in [-0.05, 0) is 69.7 Å². The zero-order valence-electron chi connectivity index (χ0n) is 23.4. The number of hydrogen-bond acceptors (Lipinski definition) is 9. The van der Waals surface area contributed by atoms with E-state index in [9.17, 15) is 9.90 Å². The zero-order chi connectivity index (χ0) is 28.3. The summed E-state index contributed by atoms with van der Waals surface area (Å²) in [7, 11) is 0. The molecule has 3 N–H and O–H groups in total. The van der Waals surface area contributed by atoms with Crippen LogP contribution in [0.15, 0.2) is 48.5 Å². The normalized spacial score (nSPS) is 19.8. The molecule has 40 heavy (non-hydrogen) atoms. The Bertz CT molecular complexity index is 1270. The minimum Gasteiger partial charge on any atom is -0.386 e. The molecule has 0 radical (unpaired) electrons. The van der Waals surface area contributed by atoms with Crippen molar-refractivity contribution in [2.75, 3.05) is 60.0 Å². The number of urea groups is 1. The second-order valence-corrected chi connectivity index (χ2v) is 10.8. The summed E-state index contributed by atoms with van der Waals surface area (Å²) in [6.45, 7) is 11.6. The van der Waals surface area contributed by atoms with Crippen LogP contribution in [-0.4, -0.2) is 77.7 Å². The smallest absolute Gasteiger partial charge is 0.323 e. The molecular formula is C29H37N7O4. The summed E-state index contributed by atoms with van der Waals surface area (Å²) in [5, 5.41) is 15.8. The molecule has 0 aliphatic carbocycles. The van der Waals surface area contributed by atoms with Gasteiger partial charge >= 0.3 is 6.03 Å². The van der Waals surface area contributed by atoms with E-state index < -0.39 is 5.60 Å². The minimum atomic E-state index is -0.941. The number of nitrogens with one attached hydrogen (secondary N) is 2. The van der Waals surface area contributed by atoms with Crippen molar-refractivity contribution in [3.05, 3.63) is 54.1 Å². The van der Waals surface area contributed by atoms with Crippen molar-refractivity contribution in [1.82, 2.24) is 15.0 Å². The molecule has 0 bridgehead atoms. The summed E-state index contributed by atoms with van der Waals surface area (Å²) in [6.07, 6.45) is 0. The van der Waals surface area contributed by atoms with Crippen molar-refractivity contribution in [2.24, 2.45) is 0 Å². The van der Waals surface area contributed by atoms with Crippen LogP contribution in [0.4, 0.5) is 28.1 Å². The first-order valence-electron chi connectivity index (χ1n) is 13.6. The number of ether oxygens (including phenoxy) is 2. The standard InChI is InChI=1S/C29H37N7O4/c1-19-17-39-15-13-35(19)26-32-25(33-27(34-26)36-14-16-40-18-20(36)2)21-5-9-23(10-6-21)30-28(37)31-24-11-7-22(8-12-24)29(3,4)38/h5-12,19-20,38H,13-18H2,1-4H3,(H2,30,31,37)/t19-,20-/m1/s1. The van der Waals surface area contributed by atoms with Gasteiger partial charge in [-0.2, -0.15) is 15.0 Å². The van der Waals surface area contributed by atoms with Gasteiger partial charge in [-0.3, -0.25) is 0 Å². The van der Waals surface area contributed by atoms with Crippen molar-refractivity contribution < 1.29 is 19.4 Å². The fraction of sp³-hybridized carbons (Fsp3) is 0.448. The van der Waals surface area contributed by atoms with E-state index in [2.05, 4.69) is 34.3 Å². The minimum absolute atomic E-state index is 0.149. The molecule has 3 heterocycles. The fourth-order valence-electron chi connectivity index (χ4n) is 4.75. The lowest BCUT2D eigenvalue weighted by Gasteiger charge is -2.36. The van der Waals surface area contributed by atoms with Gasteiger partial charge < -0.3 is 35.0 Å². The summed E-state index contributed by atoms with van der Waals surface area (Å²) in [4.78, 5) is 31.5. The number of amides is 2. The maximum absolute atomic E-state index is 12.6. The van der Waals surface area contributed by atoms with E-state index in [1.807, 2.05) is 24.3 Å². The maximum atomic E-state index is 12.6. The largest absolute Gasteiger partial charge is 0.386 e. The molecule has 11 nitrogen and oxygen atoms in total. The van der Waals surface area contributed by atoms with Crippen LogP contribution in [0.2, 0.25) is 0 Å². The van der Waals surface area contributed by atoms with Crippen molar-refractivity contribution in [3.8, 4) is 11.4 Å². The lowest BCUT2D eigenvalue weighted by Crippen LogP contribution is -2.46. The molecule has 0 unspecified atom stereocenters. The number of carbonyl (C=O) groups is 1. The van der Waals surface area contributed by atoms with E-state index in [1.54, 1.807) is 38.1 Å². The molecule has 2 aliphatic rings. The number of benzene rings is 2. The highest BCUT2D eigenvalue weighted by atomic mass is 16.5. The fourth-order valence-corrected chi connectivity index (χ4v) is 4.75. The predicted molar refractivity (Wildman–Crippen MR) is 155 cm³/mol. The van der Waals surface area contributed by atoms with E-state index in [1.165, 1.54) is 0 Å². The van der Waals surface area contributed by atoms with Gasteiger partial charge in [0.2, 0.25) is 11.9 Å². The van der Waals surface area contributed by atoms with Gasteiger partial charge in [0.25, 0.3) is 0 Å². The summed E-state index contributed by atoms with van der Waals surface area (Å²) >= 11 is 0. The topological polar surface area (TPSA) is 125 Å². The number of morpholine rings is 2. The first-order valence-corrected chi connectivity index (χ1v) is 13.6. The number of carbonyl (C=O) groups excluding carboxylic acids is 1. The summed E-state index contributed by atoms with van der Waals surface area (Å²) in [6, 6.07) is 14.5. The highest BCUT2D eigenvalue weighted by Gasteiger charge is 2.27. The quantitative estimate of drug-likeness (QED) is 0.422. The Morgan fingerprint density at radius 2 is 1.30 bits per heavy atom. The molecule has 0 spiro atoms. The summed E-state index contributed by atoms with van der Waals surface area (Å²) in [5.41, 5.74) is 1.91. The average molecular weight is 548 g/mol. The third-order valence-electron chi connectivity index (χ3n) is 7.11. The Morgan fingerprint density at radius 3 is 1.75 bits per heavy atom. The van der Waals surface area contributed by atoms with Crippen molar-refractivity contribution in [2.45, 2.75) is 45.4 Å². The van der Waals surface area contributed by atoms with E-state index in [4.69, 9.17) is 24.4 Å². The number of aliphatic hydroxyl groups is 1. The maximum Gasteiger partial charge on any atom is 0.323 e. The highest BCUT2D eigenvalue weighted by Crippen LogP contribution is 2.26. The van der Waals surface area contributed by atoms with Crippen molar-refractivity contribution in [1.29, 1.82) is 0 Å². The van der Waals surface area contributed by atoms with Crippen LogP contribution in [0.5, 0.6) is 0 Å². The first-order chi connectivity index (χ1) is 19.2. The van der Waals surface area contributed by atoms with Gasteiger partial charge in [-0.15, -0.1) is 0 Å². The third kappa shape index (κ3) is 6.49. The number of nitrogens with zero attached hydrogens (tertiary/aromatic N) is 5. The molecule has 0 saturated carbocycles. The molecule has 2 atom stereocenters. The molecule has 2 amide bonds. The molecule has 2 aliphatic heterocycles. The molecule has 11 heteroatoms. The number of rotatable bonds is 6. The van der Waals surface area contributed by atoms with Gasteiger partial charge in [-0.1, -0.05) is 12.1 Å². The van der Waals surface area contributed by atoms with E-state index >= 15 is 0 Å². The third-order valence-corrected chi connectivity index (χ3v) is 7.11. The van der Waals surface area contributed by atoms with Crippen molar-refractivity contribution >= 4 is 29.3 Å². The van der Waals surface area contributed by atoms with Gasteiger partial charge in [0, 0.05) is 30.0 Å². The molecule has 5 rings (SSSR count). The second kappa shape index (κ2) is 11.7. The number of aromatic nitrogens is 3. The molecule has 2 saturated heterocycles. The van der Waals surface area contributed by atoms with Crippen LogP contribution in [0, 0.1) is 0 Å². The Hall–Kier alpha value is -3.80. The van der Waals surface area contributed by atoms with Gasteiger partial charge in [-0.25, -0.2) is 4.79 Å². The molecule has 2 fully saturated rings. The summed E-state index contributed by atoms with van der Waals surface area (Å²) in [5.74, 6) is 1.83. The molecule has 1 aromatic heterocycles. The Kier molecular flexibility index (Phi) is 8.15. The van der Waals surface area contributed by atoms with Gasteiger partial charge in [0.05, 0.1) is 44.1 Å². The lowest BCUT2D eigenvalue weighted by molar-refractivity contribution is 0.0786. The van der Waals surface area contributed by atoms with Crippen LogP contribution >= 0.6 is 0 Å². The van der Waals surface area contributed by atoms with Crippen LogP contribution in [-0.2, 0) is 15.1 Å². The second-order valence-electron chi connectivity index (χ2n) is 10.8. The average Bonchev–Trinajstić information content (AvgIpc) is 2.93. The van der Waals surface area contributed by atoms with Crippen LogP contribution in [0.1, 0.15) is 33.3 Å². The Morgan fingerprint density at radius 1 is 0.825 bits per heavy atom. The lowest BCUT2D eigenvalue weighted by atomic mass is 9.98. The number of hydrogen-bond donors (Lipinski definition) is 3. The van der Waals surface area contributed by atoms with Crippen molar-refractivity contribution in [3.63, 3.8) is 0 Å². The van der Waals surface area contributed by atoms with Gasteiger partial charge in [0.15, 0.2) is 5.82 Å². The van der Waals surface area contributed by atoms with E-state index in [0.717, 1.165) is 11.1 Å². The molecule has 212 valence electrons. The zero-order valence-corrected chi connectivity index (χ0v) is 23.4. The SMILES string of the molecule is C[C@@H]1COCCN1c1nc(-c2ccc(NC(=O)Nc3ccc(C(C)(C)O)cc3)cc2)nc(N2CCOC[C@H]2C)n1. The Balaban J connectivity index is 1.33. The van der Waals surface area contributed by atoms with Gasteiger partial charge in [0.1, 0.15) is 0 Å². The monoisotopic (exact) mass is 547 g/mol. The molecular weight excluding hydrogens is 510 g/mol. The van der Waals surface area contributed by atoms with Crippen LogP contribution in [0.25, 0.3) is 11.4 Å². The molecule has 3 aromatic rings. The molecule has 2 aromatic carbocycles. The number of anilines is 4. The summed E-state index contributed by atoms with van der Waals surface area (Å²) < 4.78 is 11.2. The van der Waals surface area contributed by atoms with E-state index in [-0.39, 0.29) is 18.1 Å². The Labute approximate surface area is 234 Å². The predicted octanol–water partition coefficient (Wildman–Crippen LogP) is 3.86. The first kappa shape index (κ1) is 27.8. The van der Waals surface area contributed by atoms with E-state index in [0.29, 0.717) is 68.6 Å². The van der Waals surface area contributed by atoms with Crippen LogP contribution in [0.3, 0.4) is 0 Å². The highest BCUT2D eigenvalue weighted by molar-refractivity contribution is 5.99. The van der Waals surface area contributed by atoms with Crippen LogP contribution < -0.4 is 20.4 Å².